The number of carbonyl (C=O) groups excluding carboxylic acids is 3. The Bertz CT molecular complexity index is 2500. The molecule has 1 aromatic heterocycles. The molecule has 2 heterocycles. The van der Waals surface area contributed by atoms with E-state index in [1.807, 2.05) is 109 Å². The third kappa shape index (κ3) is 11.7. The van der Waals surface area contributed by atoms with Gasteiger partial charge < -0.3 is 35.3 Å². The molecule has 1 fully saturated rings. The van der Waals surface area contributed by atoms with Gasteiger partial charge in [0.25, 0.3) is 0 Å². The molecule has 5 N–H and O–H groups in total. The van der Waals surface area contributed by atoms with E-state index in [0.717, 1.165) is 57.5 Å². The number of amides is 3. The van der Waals surface area contributed by atoms with Crippen LogP contribution in [0.3, 0.4) is 0 Å². The second-order valence-electron chi connectivity index (χ2n) is 15.4. The van der Waals surface area contributed by atoms with Crippen LogP contribution < -0.4 is 26.4 Å². The maximum Gasteiger partial charge on any atom is 0.411 e. The van der Waals surface area contributed by atoms with Gasteiger partial charge in [0.2, 0.25) is 17.4 Å². The Morgan fingerprint density at radius 3 is 2.38 bits per heavy atom. The van der Waals surface area contributed by atoms with E-state index in [9.17, 15) is 24.3 Å². The number of hydrogen-bond donors (Lipinski definition) is 5. The SMILES string of the molecule is CN(C(=O)CCN1CCC(OC(=O)Nc2ccccc2-c2ccccc2)CC1)c1ccc(CNC(=O)Cc2cccc(CNCCc3ccc(O)c4[nH]c(=O)ccc34)c2)cc1. The molecule has 0 bridgehead atoms. The van der Waals surface area contributed by atoms with E-state index in [1.165, 1.54) is 6.07 Å². The number of carbonyl (C=O) groups is 3. The number of rotatable bonds is 16. The highest BCUT2D eigenvalue weighted by atomic mass is 16.6. The summed E-state index contributed by atoms with van der Waals surface area (Å²) in [6, 6.07) is 39.8. The highest BCUT2D eigenvalue weighted by Crippen LogP contribution is 2.28. The van der Waals surface area contributed by atoms with E-state index in [-0.39, 0.29) is 35.6 Å². The lowest BCUT2D eigenvalue weighted by Gasteiger charge is -2.31. The fraction of sp³-hybridized carbons (Fsp3) is 0.265. The van der Waals surface area contributed by atoms with Gasteiger partial charge in [0.15, 0.2) is 0 Å². The normalized spacial score (nSPS) is 13.1. The summed E-state index contributed by atoms with van der Waals surface area (Å²) in [6.07, 6.45) is 2.10. The molecule has 0 radical (unpaired) electrons. The highest BCUT2D eigenvalue weighted by Gasteiger charge is 2.24. The topological polar surface area (TPSA) is 156 Å². The maximum atomic E-state index is 13.1. The van der Waals surface area contributed by atoms with Crippen molar-refractivity contribution in [2.24, 2.45) is 0 Å². The number of phenolic OH excluding ortho intramolecular Hbond substituents is 1. The molecular formula is C49H52N6O6. The Morgan fingerprint density at radius 1 is 0.820 bits per heavy atom. The molecule has 12 heteroatoms. The Hall–Kier alpha value is -6.76. The molecule has 12 nitrogen and oxygen atoms in total. The van der Waals surface area contributed by atoms with Gasteiger partial charge in [-0.05, 0) is 84.0 Å². The number of likely N-dealkylation sites (tertiary alicyclic amines) is 1. The van der Waals surface area contributed by atoms with Gasteiger partial charge in [-0.3, -0.25) is 19.7 Å². The largest absolute Gasteiger partial charge is 0.506 e. The average Bonchev–Trinajstić information content (AvgIpc) is 3.28. The summed E-state index contributed by atoms with van der Waals surface area (Å²) < 4.78 is 5.78. The molecule has 0 atom stereocenters. The number of nitrogens with one attached hydrogen (secondary N) is 4. The van der Waals surface area contributed by atoms with Gasteiger partial charge in [0, 0.05) is 68.9 Å². The first-order valence-electron chi connectivity index (χ1n) is 20.8. The fourth-order valence-electron chi connectivity index (χ4n) is 7.67. The van der Waals surface area contributed by atoms with Crippen LogP contribution in [0.1, 0.15) is 41.5 Å². The van der Waals surface area contributed by atoms with Crippen LogP contribution in [0.25, 0.3) is 22.0 Å². The summed E-state index contributed by atoms with van der Waals surface area (Å²) in [4.78, 5) is 57.1. The number of piperidine rings is 1. The van der Waals surface area contributed by atoms with Gasteiger partial charge >= 0.3 is 6.09 Å². The van der Waals surface area contributed by atoms with Crippen molar-refractivity contribution in [3.63, 3.8) is 0 Å². The van der Waals surface area contributed by atoms with Crippen molar-refractivity contribution in [3.8, 4) is 16.9 Å². The molecule has 0 aliphatic carbocycles. The van der Waals surface area contributed by atoms with Gasteiger partial charge in [0.1, 0.15) is 11.9 Å². The van der Waals surface area contributed by atoms with E-state index in [1.54, 1.807) is 24.1 Å². The van der Waals surface area contributed by atoms with Crippen LogP contribution in [-0.4, -0.2) is 72.2 Å². The number of aromatic nitrogens is 1. The van der Waals surface area contributed by atoms with Crippen molar-refractivity contribution in [2.45, 2.75) is 51.3 Å². The molecule has 7 rings (SSSR count). The minimum Gasteiger partial charge on any atom is -0.506 e. The average molecular weight is 821 g/mol. The first kappa shape index (κ1) is 42.4. The number of pyridine rings is 1. The first-order valence-corrected chi connectivity index (χ1v) is 20.8. The minimum atomic E-state index is -0.463. The van der Waals surface area contributed by atoms with Crippen LogP contribution in [0, 0.1) is 0 Å². The van der Waals surface area contributed by atoms with Gasteiger partial charge in [-0.25, -0.2) is 4.79 Å². The van der Waals surface area contributed by atoms with E-state index >= 15 is 0 Å². The lowest BCUT2D eigenvalue weighted by molar-refractivity contribution is -0.120. The number of para-hydroxylation sites is 1. The molecular weight excluding hydrogens is 769 g/mol. The van der Waals surface area contributed by atoms with Crippen molar-refractivity contribution in [3.05, 3.63) is 160 Å². The zero-order valence-corrected chi connectivity index (χ0v) is 34.4. The quantitative estimate of drug-likeness (QED) is 0.0645. The lowest BCUT2D eigenvalue weighted by atomic mass is 10.0. The van der Waals surface area contributed by atoms with Crippen LogP contribution in [0.2, 0.25) is 0 Å². The summed E-state index contributed by atoms with van der Waals surface area (Å²) in [7, 11) is 1.78. The summed E-state index contributed by atoms with van der Waals surface area (Å²) in [5.41, 5.74) is 7.57. The number of aromatic hydroxyl groups is 1. The number of phenols is 1. The predicted molar refractivity (Wildman–Crippen MR) is 240 cm³/mol. The zero-order chi connectivity index (χ0) is 42.6. The van der Waals surface area contributed by atoms with E-state index in [0.29, 0.717) is 63.1 Å². The van der Waals surface area contributed by atoms with Crippen molar-refractivity contribution in [1.82, 2.24) is 20.5 Å². The number of hydrogen-bond acceptors (Lipinski definition) is 8. The second-order valence-corrected chi connectivity index (χ2v) is 15.4. The molecule has 6 aromatic rings. The van der Waals surface area contributed by atoms with Gasteiger partial charge in [-0.2, -0.15) is 0 Å². The second kappa shape index (κ2) is 20.5. The molecule has 0 spiro atoms. The number of aromatic amines is 1. The minimum absolute atomic E-state index is 0.0120. The Morgan fingerprint density at radius 2 is 1.57 bits per heavy atom. The third-order valence-corrected chi connectivity index (χ3v) is 11.1. The molecule has 3 amide bonds. The number of anilines is 2. The lowest BCUT2D eigenvalue weighted by Crippen LogP contribution is -2.40. The Labute approximate surface area is 355 Å². The molecule has 0 unspecified atom stereocenters. The van der Waals surface area contributed by atoms with Crippen molar-refractivity contribution in [2.75, 3.05) is 43.4 Å². The Balaban J connectivity index is 0.783. The molecule has 1 aliphatic heterocycles. The van der Waals surface area contributed by atoms with Gasteiger partial charge in [-0.1, -0.05) is 91.0 Å². The molecule has 61 heavy (non-hydrogen) atoms. The smallest absolute Gasteiger partial charge is 0.411 e. The molecule has 1 aliphatic rings. The standard InChI is InChI=1S/C49H52N6O6/c1-54(47(59)25-29-55-27-23-40(24-28-55)61-49(60)52-43-13-6-5-12-41(43)37-10-3-2-4-11-37)39-17-14-34(15-18-39)33-51-46(58)31-35-8-7-9-36(30-35)32-50-26-22-38-16-20-44(56)48-42(38)19-21-45(57)53-48/h2-21,30,40,50,56H,22-29,31-33H2,1H3,(H,51,58)(H,52,60)(H,53,57). The monoisotopic (exact) mass is 820 g/mol. The van der Waals surface area contributed by atoms with Crippen LogP contribution in [-0.2, 0) is 40.3 Å². The Kier molecular flexibility index (Phi) is 14.2. The summed E-state index contributed by atoms with van der Waals surface area (Å²) in [6.45, 7) is 3.81. The van der Waals surface area contributed by atoms with E-state index in [2.05, 4.69) is 25.8 Å². The van der Waals surface area contributed by atoms with Crippen LogP contribution in [0.4, 0.5) is 16.2 Å². The number of nitrogens with zero attached hydrogens (tertiary/aromatic N) is 2. The van der Waals surface area contributed by atoms with Gasteiger partial charge in [0.05, 0.1) is 17.6 Å². The first-order chi connectivity index (χ1) is 29.7. The fourth-order valence-corrected chi connectivity index (χ4v) is 7.67. The molecule has 5 aromatic carbocycles. The number of benzene rings is 5. The summed E-state index contributed by atoms with van der Waals surface area (Å²) in [5.74, 6) is -0.0181. The number of H-pyrrole nitrogens is 1. The summed E-state index contributed by atoms with van der Waals surface area (Å²) in [5, 5.41) is 20.3. The molecule has 314 valence electrons. The molecule has 0 saturated carbocycles. The highest BCUT2D eigenvalue weighted by molar-refractivity contribution is 5.93. The number of fused-ring (bicyclic) bond motifs is 1. The van der Waals surface area contributed by atoms with Crippen molar-refractivity contribution >= 4 is 40.2 Å². The molecule has 1 saturated heterocycles. The van der Waals surface area contributed by atoms with E-state index in [4.69, 9.17) is 4.74 Å². The van der Waals surface area contributed by atoms with Crippen LogP contribution in [0.15, 0.2) is 132 Å². The maximum absolute atomic E-state index is 13.1. The van der Waals surface area contributed by atoms with Gasteiger partial charge in [-0.15, -0.1) is 0 Å². The third-order valence-electron chi connectivity index (χ3n) is 11.1. The summed E-state index contributed by atoms with van der Waals surface area (Å²) >= 11 is 0. The van der Waals surface area contributed by atoms with E-state index < -0.39 is 6.09 Å². The predicted octanol–water partition coefficient (Wildman–Crippen LogP) is 7.16. The van der Waals surface area contributed by atoms with Crippen LogP contribution in [0.5, 0.6) is 5.75 Å². The van der Waals surface area contributed by atoms with Crippen molar-refractivity contribution in [1.29, 1.82) is 0 Å². The van der Waals surface area contributed by atoms with Crippen LogP contribution >= 0.6 is 0 Å². The number of ether oxygens (including phenoxy) is 1. The zero-order valence-electron chi connectivity index (χ0n) is 34.4. The van der Waals surface area contributed by atoms with Crippen molar-refractivity contribution < 1.29 is 24.2 Å².